The van der Waals surface area contributed by atoms with Crippen molar-refractivity contribution in [2.75, 3.05) is 18.5 Å². The van der Waals surface area contributed by atoms with Gasteiger partial charge in [-0.3, -0.25) is 14.3 Å². The summed E-state index contributed by atoms with van der Waals surface area (Å²) in [5.74, 6) is -1.88. The highest BCUT2D eigenvalue weighted by Gasteiger charge is 2.29. The van der Waals surface area contributed by atoms with Crippen LogP contribution in [0.25, 0.3) is 11.3 Å². The van der Waals surface area contributed by atoms with Crippen molar-refractivity contribution in [2.45, 2.75) is 32.0 Å². The molecule has 9 nitrogen and oxygen atoms in total. The van der Waals surface area contributed by atoms with E-state index in [1.54, 1.807) is 11.1 Å². The molecule has 1 aromatic carbocycles. The summed E-state index contributed by atoms with van der Waals surface area (Å²) in [5.41, 5.74) is 1.07. The van der Waals surface area contributed by atoms with Crippen LogP contribution in [0.2, 0.25) is 0 Å². The third-order valence-corrected chi connectivity index (χ3v) is 6.09. The van der Waals surface area contributed by atoms with Crippen molar-refractivity contribution in [3.05, 3.63) is 59.4 Å². The van der Waals surface area contributed by atoms with Crippen LogP contribution in [0.1, 0.15) is 28.8 Å². The number of anilines is 2. The van der Waals surface area contributed by atoms with Gasteiger partial charge in [0.25, 0.3) is 5.91 Å². The number of benzene rings is 1. The number of hydrogen-bond acceptors (Lipinski definition) is 6. The van der Waals surface area contributed by atoms with Gasteiger partial charge in [-0.2, -0.15) is 5.10 Å². The predicted octanol–water partition coefficient (Wildman–Crippen LogP) is 2.19. The molecule has 1 saturated heterocycles. The van der Waals surface area contributed by atoms with Crippen LogP contribution in [0.4, 0.5) is 20.3 Å². The number of aliphatic hydroxyl groups excluding tert-OH is 1. The Hall–Kier alpha value is -3.86. The second kappa shape index (κ2) is 8.82. The molecular formula is C23H22F2N6O3. The fourth-order valence-electron chi connectivity index (χ4n) is 4.45. The number of nitrogens with zero attached hydrogens (tertiary/aromatic N) is 4. The Morgan fingerprint density at radius 1 is 1.26 bits per heavy atom. The van der Waals surface area contributed by atoms with Gasteiger partial charge in [0.1, 0.15) is 24.0 Å². The minimum absolute atomic E-state index is 0.00925. The van der Waals surface area contributed by atoms with Crippen molar-refractivity contribution < 1.29 is 23.5 Å². The van der Waals surface area contributed by atoms with E-state index in [2.05, 4.69) is 20.7 Å². The normalized spacial score (nSPS) is 17.1. The van der Waals surface area contributed by atoms with Crippen molar-refractivity contribution in [3.8, 4) is 11.3 Å². The van der Waals surface area contributed by atoms with E-state index < -0.39 is 11.6 Å². The van der Waals surface area contributed by atoms with Gasteiger partial charge in [0.2, 0.25) is 5.91 Å². The van der Waals surface area contributed by atoms with Crippen LogP contribution in [0.5, 0.6) is 0 Å². The van der Waals surface area contributed by atoms with Crippen molar-refractivity contribution >= 4 is 23.3 Å². The molecule has 4 heterocycles. The standard InChI is InChI=1S/C23H22F2N6O3/c24-16-4-1-5-17(25)21(16)18-7-13-8-26-23(34)20(13)22(29-18)28-14-9-27-30(10-14)11-19(33)31-6-2-3-15(31)12-32/h1,4-5,7,9-10,15,32H,2-3,6,8,11-12H2,(H,26,34)(H,28,29)/t15-/m0/s1. The highest BCUT2D eigenvalue weighted by Crippen LogP contribution is 2.32. The highest BCUT2D eigenvalue weighted by molar-refractivity contribution is 6.03. The first-order valence-electron chi connectivity index (χ1n) is 10.9. The molecule has 34 heavy (non-hydrogen) atoms. The lowest BCUT2D eigenvalue weighted by atomic mass is 10.0. The minimum Gasteiger partial charge on any atom is -0.394 e. The molecule has 2 aliphatic heterocycles. The molecule has 3 N–H and O–H groups in total. The van der Waals surface area contributed by atoms with Gasteiger partial charge in [0.15, 0.2) is 0 Å². The molecule has 0 radical (unpaired) electrons. The lowest BCUT2D eigenvalue weighted by Gasteiger charge is -2.22. The Balaban J connectivity index is 1.42. The molecule has 5 rings (SSSR count). The molecule has 2 aromatic heterocycles. The number of carbonyl (C=O) groups excluding carboxylic acids is 2. The average molecular weight is 468 g/mol. The number of halogens is 2. The van der Waals surface area contributed by atoms with Crippen molar-refractivity contribution in [1.29, 1.82) is 0 Å². The molecule has 2 amide bonds. The Bertz CT molecular complexity index is 1260. The topological polar surface area (TPSA) is 112 Å². The van der Waals surface area contributed by atoms with E-state index in [1.807, 2.05) is 0 Å². The molecule has 0 spiro atoms. The molecule has 1 fully saturated rings. The Morgan fingerprint density at radius 2 is 2.06 bits per heavy atom. The maximum Gasteiger partial charge on any atom is 0.255 e. The smallest absolute Gasteiger partial charge is 0.255 e. The second-order valence-electron chi connectivity index (χ2n) is 8.29. The van der Waals surface area contributed by atoms with Crippen LogP contribution >= 0.6 is 0 Å². The van der Waals surface area contributed by atoms with Crippen molar-refractivity contribution in [1.82, 2.24) is 25.0 Å². The van der Waals surface area contributed by atoms with E-state index in [1.165, 1.54) is 23.0 Å². The van der Waals surface area contributed by atoms with Gasteiger partial charge in [-0.15, -0.1) is 0 Å². The summed E-state index contributed by atoms with van der Waals surface area (Å²) in [4.78, 5) is 31.0. The number of rotatable bonds is 6. The number of likely N-dealkylation sites (tertiary alicyclic amines) is 1. The van der Waals surface area contributed by atoms with Gasteiger partial charge in [-0.25, -0.2) is 13.8 Å². The third-order valence-electron chi connectivity index (χ3n) is 6.09. The van der Waals surface area contributed by atoms with E-state index in [0.717, 1.165) is 25.0 Å². The van der Waals surface area contributed by atoms with Gasteiger partial charge < -0.3 is 20.6 Å². The predicted molar refractivity (Wildman–Crippen MR) is 118 cm³/mol. The number of hydrogen-bond donors (Lipinski definition) is 3. The van der Waals surface area contributed by atoms with Gasteiger partial charge >= 0.3 is 0 Å². The summed E-state index contributed by atoms with van der Waals surface area (Å²) in [6, 6.07) is 4.88. The highest BCUT2D eigenvalue weighted by atomic mass is 19.1. The first kappa shape index (κ1) is 22.0. The summed E-state index contributed by atoms with van der Waals surface area (Å²) in [6.45, 7) is 0.727. The van der Waals surface area contributed by atoms with E-state index in [4.69, 9.17) is 0 Å². The van der Waals surface area contributed by atoms with Gasteiger partial charge in [0, 0.05) is 19.3 Å². The second-order valence-corrected chi connectivity index (χ2v) is 8.29. The van der Waals surface area contributed by atoms with Gasteiger partial charge in [0.05, 0.1) is 41.4 Å². The number of aromatic nitrogens is 3. The van der Waals surface area contributed by atoms with Crippen LogP contribution in [-0.2, 0) is 17.9 Å². The molecule has 0 bridgehead atoms. The molecule has 176 valence electrons. The summed E-state index contributed by atoms with van der Waals surface area (Å²) in [5, 5.41) is 19.3. The zero-order chi connectivity index (χ0) is 23.8. The zero-order valence-corrected chi connectivity index (χ0v) is 18.1. The molecule has 1 atom stereocenters. The quantitative estimate of drug-likeness (QED) is 0.511. The third kappa shape index (κ3) is 3.98. The summed E-state index contributed by atoms with van der Waals surface area (Å²) in [6.07, 6.45) is 4.67. The van der Waals surface area contributed by atoms with Crippen LogP contribution in [0, 0.1) is 11.6 Å². The lowest BCUT2D eigenvalue weighted by molar-refractivity contribution is -0.133. The maximum atomic E-state index is 14.4. The lowest BCUT2D eigenvalue weighted by Crippen LogP contribution is -2.39. The molecule has 0 saturated carbocycles. The maximum absolute atomic E-state index is 14.4. The minimum atomic E-state index is -0.759. The summed E-state index contributed by atoms with van der Waals surface area (Å²) in [7, 11) is 0. The summed E-state index contributed by atoms with van der Waals surface area (Å²) < 4.78 is 30.2. The van der Waals surface area contributed by atoms with Crippen LogP contribution in [0.3, 0.4) is 0 Å². The monoisotopic (exact) mass is 468 g/mol. The number of fused-ring (bicyclic) bond motifs is 1. The Morgan fingerprint density at radius 3 is 2.82 bits per heavy atom. The molecule has 3 aromatic rings. The number of amides is 2. The SMILES string of the molecule is O=C1NCc2cc(-c3c(F)cccc3F)nc(Nc3cnn(CC(=O)N4CCC[C@H]4CO)c3)c21. The first-order chi connectivity index (χ1) is 16.4. The van der Waals surface area contributed by atoms with Crippen LogP contribution in [-0.4, -0.2) is 55.8 Å². The number of nitrogens with one attached hydrogen (secondary N) is 2. The van der Waals surface area contributed by atoms with E-state index in [9.17, 15) is 23.5 Å². The number of carbonyl (C=O) groups is 2. The Labute approximate surface area is 193 Å². The fourth-order valence-corrected chi connectivity index (χ4v) is 4.45. The van der Waals surface area contributed by atoms with Crippen molar-refractivity contribution in [2.24, 2.45) is 0 Å². The summed E-state index contributed by atoms with van der Waals surface area (Å²) >= 11 is 0. The average Bonchev–Trinajstić information content (AvgIpc) is 3.54. The molecular weight excluding hydrogens is 446 g/mol. The van der Waals surface area contributed by atoms with E-state index >= 15 is 0 Å². The number of aliphatic hydroxyl groups is 1. The molecule has 0 unspecified atom stereocenters. The van der Waals surface area contributed by atoms with Gasteiger partial charge in [-0.1, -0.05) is 6.07 Å². The first-order valence-corrected chi connectivity index (χ1v) is 10.9. The molecule has 2 aliphatic rings. The largest absolute Gasteiger partial charge is 0.394 e. The zero-order valence-electron chi connectivity index (χ0n) is 18.1. The van der Waals surface area contributed by atoms with Crippen LogP contribution in [0.15, 0.2) is 36.7 Å². The Kier molecular flexibility index (Phi) is 5.70. The van der Waals surface area contributed by atoms with E-state index in [0.29, 0.717) is 17.8 Å². The molecule has 11 heteroatoms. The number of pyridine rings is 1. The van der Waals surface area contributed by atoms with Crippen molar-refractivity contribution in [3.63, 3.8) is 0 Å². The fraction of sp³-hybridized carbons (Fsp3) is 0.304. The van der Waals surface area contributed by atoms with Gasteiger partial charge in [-0.05, 0) is 36.6 Å². The van der Waals surface area contributed by atoms with E-state index in [-0.39, 0.29) is 60.2 Å². The molecule has 0 aliphatic carbocycles. The van der Waals surface area contributed by atoms with Crippen LogP contribution < -0.4 is 10.6 Å².